The van der Waals surface area contributed by atoms with Crippen LogP contribution in [-0.4, -0.2) is 23.3 Å². The molecule has 0 aliphatic heterocycles. The highest BCUT2D eigenvalue weighted by Crippen LogP contribution is 2.54. The molecule has 1 aromatic carbocycles. The average molecular weight is 308 g/mol. The predicted octanol–water partition coefficient (Wildman–Crippen LogP) is 6.16. The minimum atomic E-state index is -1.36. The quantitative estimate of drug-likeness (QED) is 0.453. The van der Waals surface area contributed by atoms with Gasteiger partial charge < -0.3 is 0 Å². The van der Waals surface area contributed by atoms with Crippen LogP contribution < -0.4 is 0 Å². The Kier molecular flexibility index (Phi) is 5.10. The maximum absolute atomic E-state index is 2.50. The van der Waals surface area contributed by atoms with Crippen LogP contribution in [-0.2, 0) is 0 Å². The van der Waals surface area contributed by atoms with Crippen molar-refractivity contribution in [2.45, 2.75) is 71.5 Å². The van der Waals surface area contributed by atoms with Gasteiger partial charge in [0.15, 0.2) is 0 Å². The first-order valence-electron chi connectivity index (χ1n) is 7.58. The molecule has 20 heavy (non-hydrogen) atoms. The molecule has 2 heteroatoms. The Hall–Kier alpha value is -0.393. The largest absolute Gasteiger partial charge is 0.132 e. The van der Waals surface area contributed by atoms with Crippen molar-refractivity contribution in [1.82, 2.24) is 0 Å². The maximum Gasteiger partial charge on any atom is 0.132 e. The molecule has 0 aliphatic carbocycles. The van der Waals surface area contributed by atoms with Gasteiger partial charge in [-0.3, -0.25) is 0 Å². The zero-order valence-electron chi connectivity index (χ0n) is 14.8. The molecule has 0 aromatic heterocycles. The lowest BCUT2D eigenvalue weighted by molar-refractivity contribution is 0.721. The number of benzene rings is 1. The molecule has 0 atom stereocenters. The smallest absolute Gasteiger partial charge is 0.0622 e. The second-order valence-corrected chi connectivity index (χ2v) is 17.9. The van der Waals surface area contributed by atoms with E-state index < -0.39 is 8.07 Å². The average Bonchev–Trinajstić information content (AvgIpc) is 2.21. The predicted molar refractivity (Wildman–Crippen MR) is 100 cm³/mol. The Morgan fingerprint density at radius 3 is 1.50 bits per heavy atom. The highest BCUT2D eigenvalue weighted by atomic mass is 31.1. The lowest BCUT2D eigenvalue weighted by Crippen LogP contribution is -2.38. The van der Waals surface area contributed by atoms with Gasteiger partial charge in [0, 0.05) is 5.56 Å². The van der Waals surface area contributed by atoms with E-state index in [0.29, 0.717) is 10.3 Å². The van der Waals surface area contributed by atoms with Crippen LogP contribution in [0.15, 0.2) is 30.3 Å². The fraction of sp³-hybridized carbons (Fsp3) is 0.611. The summed E-state index contributed by atoms with van der Waals surface area (Å²) in [7, 11) is -1.56. The molecule has 1 rings (SSSR count). The minimum absolute atomic E-state index is 0.192. The molecule has 1 aromatic rings. The van der Waals surface area contributed by atoms with E-state index in [1.165, 1.54) is 5.56 Å². The second-order valence-electron chi connectivity index (χ2n) is 8.64. The summed E-state index contributed by atoms with van der Waals surface area (Å²) in [4.78, 5) is 1.79. The van der Waals surface area contributed by atoms with E-state index in [4.69, 9.17) is 0 Å². The van der Waals surface area contributed by atoms with Crippen molar-refractivity contribution >= 4 is 20.5 Å². The van der Waals surface area contributed by atoms with Crippen molar-refractivity contribution in [3.05, 3.63) is 35.9 Å². The molecule has 0 aliphatic rings. The molecule has 0 radical (unpaired) electrons. The third kappa shape index (κ3) is 4.30. The molecule has 0 amide bonds. The van der Waals surface area contributed by atoms with Gasteiger partial charge in [0.2, 0.25) is 0 Å². The van der Waals surface area contributed by atoms with Gasteiger partial charge in [0.25, 0.3) is 0 Å². The Bertz CT molecular complexity index is 463. The van der Waals surface area contributed by atoms with Gasteiger partial charge in [-0.25, -0.2) is 0 Å². The van der Waals surface area contributed by atoms with Crippen molar-refractivity contribution < 1.29 is 0 Å². The highest BCUT2D eigenvalue weighted by molar-refractivity contribution is 7.68. The molecule has 0 N–H and O–H groups in total. The Balaban J connectivity index is 3.76. The molecule has 112 valence electrons. The third-order valence-electron chi connectivity index (χ3n) is 3.32. The summed E-state index contributed by atoms with van der Waals surface area (Å²) in [6.45, 7) is 22.0. The van der Waals surface area contributed by atoms with Gasteiger partial charge in [0.1, 0.15) is 30.8 Å². The molecule has 0 fully saturated rings. The molecular weight excluding hydrogens is 275 g/mol. The van der Waals surface area contributed by atoms with E-state index in [-0.39, 0.29) is 7.55 Å². The second kappa shape index (κ2) is 5.77. The number of hydrogen-bond acceptors (Lipinski definition) is 0. The number of hydrogen-bond donors (Lipinski definition) is 0. The van der Waals surface area contributed by atoms with Crippen molar-refractivity contribution in [2.75, 3.05) is 0 Å². The highest BCUT2D eigenvalue weighted by Gasteiger charge is 2.46. The van der Waals surface area contributed by atoms with E-state index >= 15 is 0 Å². The van der Waals surface area contributed by atoms with Gasteiger partial charge in [0.05, 0.1) is 0 Å². The van der Waals surface area contributed by atoms with Crippen LogP contribution in [0.25, 0.3) is 0 Å². The first kappa shape index (κ1) is 17.7. The van der Waals surface area contributed by atoms with Crippen LogP contribution in [0.1, 0.15) is 47.1 Å². The van der Waals surface area contributed by atoms with Gasteiger partial charge in [-0.1, -0.05) is 50.0 Å². The van der Waals surface area contributed by atoms with Gasteiger partial charge in [-0.15, -0.1) is 0 Å². The fourth-order valence-electron chi connectivity index (χ4n) is 3.17. The fourth-order valence-corrected chi connectivity index (χ4v) is 12.7. The Morgan fingerprint density at radius 1 is 0.800 bits per heavy atom. The summed E-state index contributed by atoms with van der Waals surface area (Å²) in [6, 6.07) is 11.1. The summed E-state index contributed by atoms with van der Waals surface area (Å²) in [5.41, 5.74) is 1.49. The zero-order chi connectivity index (χ0) is 15.8. The molecule has 0 saturated carbocycles. The molecule has 0 spiro atoms. The minimum Gasteiger partial charge on any atom is -0.0622 e. The maximum atomic E-state index is 2.50. The van der Waals surface area contributed by atoms with Crippen molar-refractivity contribution in [3.63, 3.8) is 0 Å². The third-order valence-corrected chi connectivity index (χ3v) is 11.1. The van der Waals surface area contributed by atoms with Crippen molar-refractivity contribution in [3.8, 4) is 0 Å². The van der Waals surface area contributed by atoms with Crippen LogP contribution >= 0.6 is 7.55 Å². The SMILES string of the molecule is CC(C)(C)[P+](=C(c1ccccc1)[Si](C)(C)C)C(C)(C)C. The van der Waals surface area contributed by atoms with E-state index in [0.717, 1.165) is 0 Å². The van der Waals surface area contributed by atoms with Gasteiger partial charge >= 0.3 is 0 Å². The van der Waals surface area contributed by atoms with Crippen LogP contribution in [0.4, 0.5) is 0 Å². The molecule has 0 nitrogen and oxygen atoms in total. The lowest BCUT2D eigenvalue weighted by atomic mass is 10.2. The van der Waals surface area contributed by atoms with E-state index in [1.54, 1.807) is 4.92 Å². The van der Waals surface area contributed by atoms with Crippen molar-refractivity contribution in [2.24, 2.45) is 0 Å². The molecule has 0 bridgehead atoms. The summed E-state index contributed by atoms with van der Waals surface area (Å²) >= 11 is 0. The van der Waals surface area contributed by atoms with Crippen LogP contribution in [0.2, 0.25) is 19.6 Å². The normalized spacial score (nSPS) is 13.2. The summed E-state index contributed by atoms with van der Waals surface area (Å²) in [6.07, 6.45) is 0. The van der Waals surface area contributed by atoms with Gasteiger partial charge in [-0.05, 0) is 41.5 Å². The van der Waals surface area contributed by atoms with Crippen LogP contribution in [0.5, 0.6) is 0 Å². The molecule has 0 saturated heterocycles. The Morgan fingerprint density at radius 2 is 1.20 bits per heavy atom. The van der Waals surface area contributed by atoms with E-state index in [1.807, 2.05) is 0 Å². The van der Waals surface area contributed by atoms with Crippen LogP contribution in [0, 0.1) is 0 Å². The van der Waals surface area contributed by atoms with E-state index in [9.17, 15) is 0 Å². The van der Waals surface area contributed by atoms with E-state index in [2.05, 4.69) is 91.5 Å². The first-order valence-corrected chi connectivity index (χ1v) is 12.4. The molecular formula is C18H32PSi+. The number of rotatable bonds is 2. The Labute approximate surface area is 128 Å². The van der Waals surface area contributed by atoms with Crippen molar-refractivity contribution in [1.29, 1.82) is 0 Å². The monoisotopic (exact) mass is 307 g/mol. The summed E-state index contributed by atoms with van der Waals surface area (Å²) in [5, 5.41) is 0.693. The standard InChI is InChI=1S/C18H32PSi/c1-17(2,3)19(18(4,5)6)16(20(7,8)9)15-13-11-10-12-14-15/h10-14H,1-9H3/q+1. The molecule has 0 unspecified atom stereocenters. The lowest BCUT2D eigenvalue weighted by Gasteiger charge is -2.30. The summed E-state index contributed by atoms with van der Waals surface area (Å²) < 4.78 is 0. The van der Waals surface area contributed by atoms with Gasteiger partial charge in [-0.2, -0.15) is 0 Å². The zero-order valence-corrected chi connectivity index (χ0v) is 16.7. The van der Waals surface area contributed by atoms with Crippen LogP contribution in [0.3, 0.4) is 0 Å². The molecule has 0 heterocycles. The summed E-state index contributed by atoms with van der Waals surface area (Å²) in [5.74, 6) is 0. The first-order chi connectivity index (χ1) is 8.85. The topological polar surface area (TPSA) is 0 Å².